The van der Waals surface area contributed by atoms with Crippen molar-refractivity contribution in [2.24, 2.45) is 5.92 Å². The Morgan fingerprint density at radius 2 is 2.17 bits per heavy atom. The number of carboxylic acids is 1. The second-order valence-corrected chi connectivity index (χ2v) is 2.57. The molecular formula is C7H10N2O3. The summed E-state index contributed by atoms with van der Waals surface area (Å²) in [5.41, 5.74) is 0. The molecule has 0 saturated heterocycles. The van der Waals surface area contributed by atoms with Gasteiger partial charge in [0, 0.05) is 12.8 Å². The van der Waals surface area contributed by atoms with Crippen molar-refractivity contribution in [2.45, 2.75) is 19.8 Å². The van der Waals surface area contributed by atoms with Crippen molar-refractivity contribution >= 4 is 11.9 Å². The topological polar surface area (TPSA) is 90.2 Å². The lowest BCUT2D eigenvalue weighted by Crippen LogP contribution is -2.20. The maximum absolute atomic E-state index is 10.7. The van der Waals surface area contributed by atoms with E-state index in [0.29, 0.717) is 0 Å². The Kier molecular flexibility index (Phi) is 4.46. The predicted octanol–water partition coefficient (Wildman–Crippen LogP) is 0.0846. The first-order valence-electron chi connectivity index (χ1n) is 3.46. The minimum Gasteiger partial charge on any atom is -0.481 e. The molecule has 0 aromatic carbocycles. The van der Waals surface area contributed by atoms with Gasteiger partial charge in [-0.3, -0.25) is 14.9 Å². The van der Waals surface area contributed by atoms with Crippen LogP contribution in [0.1, 0.15) is 19.8 Å². The van der Waals surface area contributed by atoms with E-state index in [0.717, 1.165) is 0 Å². The lowest BCUT2D eigenvalue weighted by Gasteiger charge is -2.04. The van der Waals surface area contributed by atoms with E-state index < -0.39 is 11.9 Å². The lowest BCUT2D eigenvalue weighted by atomic mass is 10.0. The number of carbonyl (C=O) groups is 2. The Balaban J connectivity index is 3.70. The molecule has 0 rings (SSSR count). The normalized spacial score (nSPS) is 11.3. The fraction of sp³-hybridized carbons (Fsp3) is 0.571. The molecule has 1 atom stereocenters. The fourth-order valence-electron chi connectivity index (χ4n) is 0.800. The smallest absolute Gasteiger partial charge is 0.303 e. The fourth-order valence-corrected chi connectivity index (χ4v) is 0.800. The molecule has 5 nitrogen and oxygen atoms in total. The zero-order valence-corrected chi connectivity index (χ0v) is 6.70. The van der Waals surface area contributed by atoms with Crippen LogP contribution in [-0.2, 0) is 9.59 Å². The highest BCUT2D eigenvalue weighted by molar-refractivity contribution is 5.78. The maximum Gasteiger partial charge on any atom is 0.303 e. The first kappa shape index (κ1) is 10.4. The number of nitriles is 1. The van der Waals surface area contributed by atoms with E-state index in [1.165, 1.54) is 6.19 Å². The van der Waals surface area contributed by atoms with Gasteiger partial charge in [-0.1, -0.05) is 6.92 Å². The second kappa shape index (κ2) is 5.13. The van der Waals surface area contributed by atoms with Crippen molar-refractivity contribution in [3.8, 4) is 6.19 Å². The number of hydrogen-bond donors (Lipinski definition) is 2. The predicted molar refractivity (Wildman–Crippen MR) is 39.8 cm³/mol. The Bertz CT molecular complexity index is 219. The number of nitrogens with one attached hydrogen (secondary N) is 1. The average molecular weight is 170 g/mol. The summed E-state index contributed by atoms with van der Waals surface area (Å²) in [6, 6.07) is 0. The van der Waals surface area contributed by atoms with Crippen LogP contribution in [0.25, 0.3) is 0 Å². The number of rotatable bonds is 4. The molecule has 1 amide bonds. The van der Waals surface area contributed by atoms with Gasteiger partial charge in [-0.2, -0.15) is 5.26 Å². The van der Waals surface area contributed by atoms with E-state index in [-0.39, 0.29) is 18.8 Å². The quantitative estimate of drug-likeness (QED) is 0.462. The second-order valence-electron chi connectivity index (χ2n) is 2.57. The first-order chi connectivity index (χ1) is 5.56. The lowest BCUT2D eigenvalue weighted by molar-refractivity contribution is -0.138. The summed E-state index contributed by atoms with van der Waals surface area (Å²) in [7, 11) is 0. The van der Waals surface area contributed by atoms with Crippen molar-refractivity contribution in [3.05, 3.63) is 0 Å². The van der Waals surface area contributed by atoms with Crippen molar-refractivity contribution in [2.75, 3.05) is 0 Å². The number of carboxylic acid groups (broad SMARTS) is 1. The third-order valence-electron chi connectivity index (χ3n) is 1.25. The van der Waals surface area contributed by atoms with Gasteiger partial charge >= 0.3 is 5.97 Å². The van der Waals surface area contributed by atoms with Crippen LogP contribution in [0.4, 0.5) is 0 Å². The molecule has 0 aliphatic carbocycles. The van der Waals surface area contributed by atoms with Gasteiger partial charge in [-0.05, 0) is 5.92 Å². The molecule has 2 N–H and O–H groups in total. The molecule has 0 bridgehead atoms. The van der Waals surface area contributed by atoms with Crippen LogP contribution in [0.15, 0.2) is 0 Å². The molecule has 0 aliphatic heterocycles. The number of carbonyl (C=O) groups excluding carboxylic acids is 1. The summed E-state index contributed by atoms with van der Waals surface area (Å²) in [6.07, 6.45) is 1.49. The van der Waals surface area contributed by atoms with Crippen molar-refractivity contribution < 1.29 is 14.7 Å². The highest BCUT2D eigenvalue weighted by Crippen LogP contribution is 2.06. The van der Waals surface area contributed by atoms with Gasteiger partial charge in [-0.15, -0.1) is 0 Å². The number of nitrogens with zero attached hydrogens (tertiary/aromatic N) is 1. The molecule has 0 spiro atoms. The summed E-state index contributed by atoms with van der Waals surface area (Å²) >= 11 is 0. The minimum absolute atomic E-state index is 0.0567. The van der Waals surface area contributed by atoms with Crippen LogP contribution in [0.2, 0.25) is 0 Å². The average Bonchev–Trinajstić information content (AvgIpc) is 1.84. The summed E-state index contributed by atoms with van der Waals surface area (Å²) in [5.74, 6) is -1.62. The van der Waals surface area contributed by atoms with Crippen LogP contribution >= 0.6 is 0 Å². The standard InChI is InChI=1S/C7H10N2O3/c1-5(3-7(11)12)2-6(10)9-4-8/h5H,2-3H2,1H3,(H,9,10)(H,11,12). The molecule has 66 valence electrons. The SMILES string of the molecule is CC(CC(=O)O)CC(=O)NC#N. The number of aliphatic carboxylic acids is 1. The Labute approximate surface area is 70.0 Å². The van der Waals surface area contributed by atoms with Gasteiger partial charge < -0.3 is 5.11 Å². The molecule has 0 heterocycles. The van der Waals surface area contributed by atoms with Crippen LogP contribution in [0.5, 0.6) is 0 Å². The molecule has 5 heteroatoms. The van der Waals surface area contributed by atoms with Crippen molar-refractivity contribution in [3.63, 3.8) is 0 Å². The number of amides is 1. The van der Waals surface area contributed by atoms with E-state index in [1.807, 2.05) is 5.32 Å². The first-order valence-corrected chi connectivity index (χ1v) is 3.46. The molecule has 0 aromatic rings. The molecule has 0 fully saturated rings. The van der Waals surface area contributed by atoms with Gasteiger partial charge in [0.1, 0.15) is 0 Å². The van der Waals surface area contributed by atoms with Crippen molar-refractivity contribution in [1.29, 1.82) is 5.26 Å². The maximum atomic E-state index is 10.7. The highest BCUT2D eigenvalue weighted by atomic mass is 16.4. The minimum atomic E-state index is -0.938. The third-order valence-corrected chi connectivity index (χ3v) is 1.25. The monoisotopic (exact) mass is 170 g/mol. The highest BCUT2D eigenvalue weighted by Gasteiger charge is 2.11. The van der Waals surface area contributed by atoms with Crippen molar-refractivity contribution in [1.82, 2.24) is 5.32 Å². The van der Waals surface area contributed by atoms with E-state index in [9.17, 15) is 9.59 Å². The summed E-state index contributed by atoms with van der Waals surface area (Å²) in [4.78, 5) is 20.9. The Hall–Kier alpha value is -1.57. The molecule has 1 unspecified atom stereocenters. The van der Waals surface area contributed by atoms with E-state index in [2.05, 4.69) is 0 Å². The van der Waals surface area contributed by atoms with E-state index >= 15 is 0 Å². The molecule has 0 radical (unpaired) electrons. The summed E-state index contributed by atoms with van der Waals surface area (Å²) in [5, 5.41) is 18.3. The largest absolute Gasteiger partial charge is 0.481 e. The molecule has 0 aromatic heterocycles. The molecule has 12 heavy (non-hydrogen) atoms. The number of hydrogen-bond acceptors (Lipinski definition) is 3. The van der Waals surface area contributed by atoms with Gasteiger partial charge in [0.25, 0.3) is 0 Å². The Morgan fingerprint density at radius 3 is 2.58 bits per heavy atom. The zero-order valence-electron chi connectivity index (χ0n) is 6.70. The van der Waals surface area contributed by atoms with Gasteiger partial charge in [0.2, 0.25) is 5.91 Å². The summed E-state index contributed by atoms with van der Waals surface area (Å²) in [6.45, 7) is 1.64. The van der Waals surface area contributed by atoms with Crippen LogP contribution < -0.4 is 5.32 Å². The van der Waals surface area contributed by atoms with E-state index in [1.54, 1.807) is 6.92 Å². The van der Waals surface area contributed by atoms with Gasteiger partial charge in [-0.25, -0.2) is 0 Å². The summed E-state index contributed by atoms with van der Waals surface area (Å²) < 4.78 is 0. The van der Waals surface area contributed by atoms with E-state index in [4.69, 9.17) is 10.4 Å². The third kappa shape index (κ3) is 5.23. The zero-order chi connectivity index (χ0) is 9.56. The molecule has 0 saturated carbocycles. The van der Waals surface area contributed by atoms with Crippen LogP contribution in [-0.4, -0.2) is 17.0 Å². The van der Waals surface area contributed by atoms with Gasteiger partial charge in [0.15, 0.2) is 6.19 Å². The van der Waals surface area contributed by atoms with Crippen LogP contribution in [0.3, 0.4) is 0 Å². The van der Waals surface area contributed by atoms with Gasteiger partial charge in [0.05, 0.1) is 0 Å². The Morgan fingerprint density at radius 1 is 1.58 bits per heavy atom. The van der Waals surface area contributed by atoms with Crippen LogP contribution in [0, 0.1) is 17.4 Å². The molecule has 0 aliphatic rings. The molecular weight excluding hydrogens is 160 g/mol.